The summed E-state index contributed by atoms with van der Waals surface area (Å²) < 4.78 is 24.6. The number of nitrogens with one attached hydrogen (secondary N) is 1. The van der Waals surface area contributed by atoms with Gasteiger partial charge >= 0.3 is 0 Å². The van der Waals surface area contributed by atoms with Gasteiger partial charge < -0.3 is 14.8 Å². The van der Waals surface area contributed by atoms with Gasteiger partial charge in [0.15, 0.2) is 11.6 Å². The topological polar surface area (TPSA) is 30.5 Å². The molecule has 0 bridgehead atoms. The summed E-state index contributed by atoms with van der Waals surface area (Å²) in [5.74, 6) is 0.705. The smallest absolute Gasteiger partial charge is 0.165 e. The number of benzene rings is 2. The zero-order valence-corrected chi connectivity index (χ0v) is 12.5. The molecule has 1 unspecified atom stereocenters. The molecule has 0 saturated carbocycles. The molecule has 0 saturated heterocycles. The van der Waals surface area contributed by atoms with E-state index in [-0.39, 0.29) is 17.6 Å². The van der Waals surface area contributed by atoms with Crippen molar-refractivity contribution in [1.29, 1.82) is 0 Å². The van der Waals surface area contributed by atoms with Crippen molar-refractivity contribution in [3.8, 4) is 11.5 Å². The largest absolute Gasteiger partial charge is 0.497 e. The highest BCUT2D eigenvalue weighted by atomic mass is 19.1. The van der Waals surface area contributed by atoms with E-state index in [4.69, 9.17) is 9.47 Å². The van der Waals surface area contributed by atoms with E-state index in [0.717, 1.165) is 16.9 Å². The maximum atomic E-state index is 14.0. The quantitative estimate of drug-likeness (QED) is 0.879. The summed E-state index contributed by atoms with van der Waals surface area (Å²) >= 11 is 0. The normalized spacial score (nSPS) is 12.0. The second-order valence-electron chi connectivity index (χ2n) is 4.84. The Kier molecular flexibility index (Phi) is 5.17. The van der Waals surface area contributed by atoms with Gasteiger partial charge in [0, 0.05) is 6.04 Å². The fraction of sp³-hybridized carbons (Fsp3) is 0.294. The molecule has 0 radical (unpaired) electrons. The molecular formula is C17H20FNO2. The molecule has 0 spiro atoms. The molecule has 0 aliphatic heterocycles. The van der Waals surface area contributed by atoms with Crippen LogP contribution < -0.4 is 14.8 Å². The third-order valence-corrected chi connectivity index (χ3v) is 3.44. The van der Waals surface area contributed by atoms with Gasteiger partial charge in [-0.3, -0.25) is 0 Å². The first-order valence-corrected chi connectivity index (χ1v) is 6.86. The lowest BCUT2D eigenvalue weighted by Gasteiger charge is -2.13. The average Bonchev–Trinajstić information content (AvgIpc) is 2.53. The van der Waals surface area contributed by atoms with E-state index in [9.17, 15) is 4.39 Å². The Morgan fingerprint density at radius 2 is 1.86 bits per heavy atom. The average molecular weight is 289 g/mol. The number of methoxy groups -OCH3 is 1. The van der Waals surface area contributed by atoms with E-state index in [1.165, 1.54) is 6.07 Å². The maximum absolute atomic E-state index is 14.0. The maximum Gasteiger partial charge on any atom is 0.165 e. The summed E-state index contributed by atoms with van der Waals surface area (Å²) in [5, 5.41) is 3.08. The number of ether oxygens (including phenoxy) is 2. The predicted octanol–water partition coefficient (Wildman–Crippen LogP) is 3.69. The monoisotopic (exact) mass is 289 g/mol. The Hall–Kier alpha value is -2.07. The van der Waals surface area contributed by atoms with Crippen LogP contribution in [0.5, 0.6) is 11.5 Å². The van der Waals surface area contributed by atoms with Gasteiger partial charge in [0.25, 0.3) is 0 Å². The Balaban J connectivity index is 2.02. The lowest BCUT2D eigenvalue weighted by molar-refractivity contribution is 0.290. The molecule has 1 N–H and O–H groups in total. The zero-order valence-electron chi connectivity index (χ0n) is 12.5. The van der Waals surface area contributed by atoms with Crippen LogP contribution in [0.25, 0.3) is 0 Å². The molecule has 0 aliphatic rings. The van der Waals surface area contributed by atoms with Crippen molar-refractivity contribution in [1.82, 2.24) is 5.32 Å². The molecule has 0 amide bonds. The first-order chi connectivity index (χ1) is 10.1. The Morgan fingerprint density at radius 1 is 1.14 bits per heavy atom. The van der Waals surface area contributed by atoms with Gasteiger partial charge in [0.2, 0.25) is 0 Å². The summed E-state index contributed by atoms with van der Waals surface area (Å²) in [6, 6.07) is 12.7. The number of hydrogen-bond acceptors (Lipinski definition) is 3. The zero-order chi connectivity index (χ0) is 15.2. The van der Waals surface area contributed by atoms with E-state index < -0.39 is 0 Å². The highest BCUT2D eigenvalue weighted by Crippen LogP contribution is 2.23. The van der Waals surface area contributed by atoms with Crippen LogP contribution in [-0.4, -0.2) is 14.2 Å². The fourth-order valence-electron chi connectivity index (χ4n) is 1.95. The van der Waals surface area contributed by atoms with Crippen molar-refractivity contribution >= 4 is 0 Å². The summed E-state index contributed by atoms with van der Waals surface area (Å²) in [5.41, 5.74) is 1.86. The van der Waals surface area contributed by atoms with Crippen LogP contribution in [-0.2, 0) is 6.61 Å². The van der Waals surface area contributed by atoms with Crippen LogP contribution in [0, 0.1) is 5.82 Å². The minimum atomic E-state index is -0.344. The molecule has 2 rings (SSSR count). The van der Waals surface area contributed by atoms with Gasteiger partial charge in [-0.1, -0.05) is 18.2 Å². The van der Waals surface area contributed by atoms with Gasteiger partial charge in [-0.05, 0) is 49.4 Å². The summed E-state index contributed by atoms with van der Waals surface area (Å²) in [6.45, 7) is 2.30. The van der Waals surface area contributed by atoms with Crippen molar-refractivity contribution in [3.05, 3.63) is 59.4 Å². The molecule has 21 heavy (non-hydrogen) atoms. The lowest BCUT2D eigenvalue weighted by Crippen LogP contribution is -2.12. The fourth-order valence-corrected chi connectivity index (χ4v) is 1.95. The summed E-state index contributed by atoms with van der Waals surface area (Å²) in [4.78, 5) is 0. The number of halogens is 1. The Bertz CT molecular complexity index is 584. The highest BCUT2D eigenvalue weighted by Gasteiger charge is 2.08. The molecule has 2 aromatic carbocycles. The third-order valence-electron chi connectivity index (χ3n) is 3.44. The van der Waals surface area contributed by atoms with E-state index >= 15 is 0 Å². The molecule has 2 aromatic rings. The van der Waals surface area contributed by atoms with Gasteiger partial charge in [-0.15, -0.1) is 0 Å². The number of hydrogen-bond donors (Lipinski definition) is 1. The minimum absolute atomic E-state index is 0.107. The second-order valence-corrected chi connectivity index (χ2v) is 4.84. The summed E-state index contributed by atoms with van der Waals surface area (Å²) in [7, 11) is 3.46. The number of rotatable bonds is 6. The van der Waals surface area contributed by atoms with Gasteiger partial charge in [-0.2, -0.15) is 0 Å². The van der Waals surface area contributed by atoms with Crippen LogP contribution in [0.1, 0.15) is 24.1 Å². The standard InChI is InChI=1S/C17H20FNO2/c1-12(19-2)14-6-9-17(16(18)10-14)21-11-13-4-7-15(20-3)8-5-13/h4-10,12,19H,11H2,1-3H3. The van der Waals surface area contributed by atoms with Crippen LogP contribution in [0.3, 0.4) is 0 Å². The molecule has 0 fully saturated rings. The van der Waals surface area contributed by atoms with Crippen molar-refractivity contribution in [2.45, 2.75) is 19.6 Å². The van der Waals surface area contributed by atoms with Crippen LogP contribution in [0.4, 0.5) is 4.39 Å². The van der Waals surface area contributed by atoms with Crippen LogP contribution in [0.2, 0.25) is 0 Å². The molecule has 4 heteroatoms. The van der Waals surface area contributed by atoms with Crippen LogP contribution in [0.15, 0.2) is 42.5 Å². The molecule has 1 atom stereocenters. The van der Waals surface area contributed by atoms with Crippen molar-refractivity contribution in [2.24, 2.45) is 0 Å². The Morgan fingerprint density at radius 3 is 2.43 bits per heavy atom. The van der Waals surface area contributed by atoms with Crippen LogP contribution >= 0.6 is 0 Å². The van der Waals surface area contributed by atoms with Gasteiger partial charge in [0.1, 0.15) is 12.4 Å². The van der Waals surface area contributed by atoms with E-state index in [1.54, 1.807) is 13.2 Å². The van der Waals surface area contributed by atoms with E-state index in [2.05, 4.69) is 5.32 Å². The molecule has 0 aliphatic carbocycles. The van der Waals surface area contributed by atoms with E-state index in [0.29, 0.717) is 6.61 Å². The van der Waals surface area contributed by atoms with E-state index in [1.807, 2.05) is 44.3 Å². The van der Waals surface area contributed by atoms with Crippen molar-refractivity contribution in [3.63, 3.8) is 0 Å². The first-order valence-electron chi connectivity index (χ1n) is 6.86. The van der Waals surface area contributed by atoms with Crippen molar-refractivity contribution in [2.75, 3.05) is 14.2 Å². The first kappa shape index (κ1) is 15.3. The SMILES string of the molecule is CNC(C)c1ccc(OCc2ccc(OC)cc2)c(F)c1. The highest BCUT2D eigenvalue weighted by molar-refractivity contribution is 5.32. The predicted molar refractivity (Wildman–Crippen MR) is 81.2 cm³/mol. The molecule has 112 valence electrons. The van der Waals surface area contributed by atoms with Crippen molar-refractivity contribution < 1.29 is 13.9 Å². The molecule has 0 aromatic heterocycles. The Labute approximate surface area is 124 Å². The summed E-state index contributed by atoms with van der Waals surface area (Å²) in [6.07, 6.45) is 0. The molecule has 3 nitrogen and oxygen atoms in total. The van der Waals surface area contributed by atoms with Gasteiger partial charge in [-0.25, -0.2) is 4.39 Å². The molecule has 0 heterocycles. The third kappa shape index (κ3) is 3.95. The molecular weight excluding hydrogens is 269 g/mol. The lowest BCUT2D eigenvalue weighted by atomic mass is 10.1. The second kappa shape index (κ2) is 7.09. The van der Waals surface area contributed by atoms with Gasteiger partial charge in [0.05, 0.1) is 7.11 Å². The minimum Gasteiger partial charge on any atom is -0.497 e.